The van der Waals surface area contributed by atoms with E-state index in [0.29, 0.717) is 63.5 Å². The van der Waals surface area contributed by atoms with Crippen LogP contribution in [0.3, 0.4) is 0 Å². The number of benzene rings is 4. The van der Waals surface area contributed by atoms with Gasteiger partial charge in [0.25, 0.3) is 29.5 Å². The number of carboxylic acid groups (broad SMARTS) is 1. The van der Waals surface area contributed by atoms with Gasteiger partial charge in [0.2, 0.25) is 22.6 Å². The Kier molecular flexibility index (Phi) is 22.1. The van der Waals surface area contributed by atoms with Crippen molar-refractivity contribution in [3.05, 3.63) is 225 Å². The first-order chi connectivity index (χ1) is 51.5. The summed E-state index contributed by atoms with van der Waals surface area (Å²) in [5.74, 6) is -12.2. The van der Waals surface area contributed by atoms with Crippen molar-refractivity contribution in [1.29, 1.82) is 0 Å². The lowest BCUT2D eigenvalue weighted by molar-refractivity contribution is -0.156. The third kappa shape index (κ3) is 15.4. The molecule has 0 radical (unpaired) electrons. The largest absolute Gasteiger partial charge is 0.503 e. The van der Waals surface area contributed by atoms with Crippen molar-refractivity contribution < 1.29 is 92.8 Å². The summed E-state index contributed by atoms with van der Waals surface area (Å²) in [5, 5.41) is 24.7. The van der Waals surface area contributed by atoms with Crippen molar-refractivity contribution in [2.24, 2.45) is 16.2 Å². The third-order valence-corrected chi connectivity index (χ3v) is 22.7. The van der Waals surface area contributed by atoms with Crippen LogP contribution in [0.5, 0.6) is 17.2 Å². The number of nitrogens with one attached hydrogen (secondary N) is 2. The molecule has 6 atom stereocenters. The van der Waals surface area contributed by atoms with Crippen LogP contribution in [0.15, 0.2) is 118 Å². The van der Waals surface area contributed by atoms with Gasteiger partial charge in [-0.3, -0.25) is 43.2 Å². The van der Waals surface area contributed by atoms with Gasteiger partial charge in [0.05, 0.1) is 16.6 Å². The molecule has 6 fully saturated rings. The summed E-state index contributed by atoms with van der Waals surface area (Å²) in [6.07, 6.45) is 9.21. The molecule has 3 spiro atoms. The Bertz CT molecular complexity index is 5070. The van der Waals surface area contributed by atoms with Crippen molar-refractivity contribution in [2.45, 2.75) is 181 Å². The number of hydrogen-bond donors (Lipinski definition) is 4. The zero-order valence-electron chi connectivity index (χ0n) is 59.3. The molecule has 22 nitrogen and oxygen atoms in total. The van der Waals surface area contributed by atoms with Crippen LogP contribution in [-0.4, -0.2) is 123 Å². The number of carboxylic acids is 1. The number of fused-ring (bicyclic) bond motifs is 6. The topological polar surface area (TPSA) is 278 Å². The van der Waals surface area contributed by atoms with Gasteiger partial charge in [-0.25, -0.2) is 31.1 Å². The minimum Gasteiger partial charge on any atom is -0.503 e. The predicted molar refractivity (Wildman–Crippen MR) is 384 cm³/mol. The zero-order valence-corrected chi connectivity index (χ0v) is 59.3. The maximum atomic E-state index is 14.2. The molecule has 3 aliphatic carbocycles. The number of halogens is 9. The number of pyridine rings is 3. The third-order valence-electron chi connectivity index (χ3n) is 22.7. The Balaban J connectivity index is 0.000000159. The van der Waals surface area contributed by atoms with Crippen LogP contribution in [0.1, 0.15) is 197 Å². The molecule has 9 aliphatic rings. The van der Waals surface area contributed by atoms with E-state index in [4.69, 9.17) is 14.3 Å². The standard InChI is InChI=1S/C30H28F3N3O4.C23H22F3N3O4.C23H24N2O5.C2HF3O.2CH4/c1-29-8-5-9-30(15-29)17-35-13-21(27(38)34-12-20-22(32)10-19(31)11-23(20)33)25(37)26(24(35)28(39)36(30)16-29)40-14-18-6-3-2-4-7-18;1-22-3-2-4-23(9-22)11-28-8-14(18(30)19(31)17(28)21(33)29(23)10-22)20(32)27-7-13-15(25)5-12(24)6-16(13)26;1-22-8-5-9-23(12-22)14-24-10-16(21(28)29)18(26)19(17(24)20(27)25(23)13-22)30-11-15-6-3-2-4-7-15;3-2(4,5)1-6;;/h2-4,6-7,10-11,13H,5,8-9,12,14-17H2,1H3,(H,34,38);5-6,8,31H,2-4,7,9-11H2,1H3,(H,27,32);2-4,6-7,10H,5,8-9,11-14H2,1H3,(H,28,29);1H;2*1H4/t29-,30+;2*22-,23+;;;/m000.../s1. The van der Waals surface area contributed by atoms with Crippen molar-refractivity contribution in [3.63, 3.8) is 0 Å². The molecule has 5 amide bonds. The van der Waals surface area contributed by atoms with Crippen molar-refractivity contribution in [2.75, 3.05) is 19.6 Å². The Morgan fingerprint density at radius 2 is 0.802 bits per heavy atom. The van der Waals surface area contributed by atoms with Gasteiger partial charge >= 0.3 is 12.1 Å². The maximum absolute atomic E-state index is 14.2. The Hall–Kier alpha value is -11.0. The first kappa shape index (κ1) is 81.0. The number of carbonyl (C=O) groups excluding carboxylic acids is 6. The van der Waals surface area contributed by atoms with E-state index in [1.165, 1.54) is 23.2 Å². The van der Waals surface area contributed by atoms with Crippen LogP contribution in [0.2, 0.25) is 0 Å². The van der Waals surface area contributed by atoms with Crippen molar-refractivity contribution in [3.8, 4) is 17.2 Å². The number of alkyl halides is 3. The molecule has 111 heavy (non-hydrogen) atoms. The summed E-state index contributed by atoms with van der Waals surface area (Å²) in [6.45, 7) is 8.39. The number of amides is 5. The van der Waals surface area contributed by atoms with Gasteiger partial charge in [0.1, 0.15) is 64.8 Å². The first-order valence-electron chi connectivity index (χ1n) is 35.4. The molecule has 590 valence electrons. The fourth-order valence-corrected chi connectivity index (χ4v) is 18.2. The van der Waals surface area contributed by atoms with E-state index < -0.39 is 134 Å². The first-order valence-corrected chi connectivity index (χ1v) is 35.4. The predicted octanol–water partition coefficient (Wildman–Crippen LogP) is 12.2. The average molecular weight is 1550 g/mol. The molecule has 3 saturated carbocycles. The van der Waals surface area contributed by atoms with Gasteiger partial charge in [0.15, 0.2) is 34.3 Å². The van der Waals surface area contributed by atoms with Crippen LogP contribution < -0.4 is 36.4 Å². The second-order valence-electron chi connectivity index (χ2n) is 31.0. The molecule has 4 aromatic carbocycles. The number of aromatic hydroxyl groups is 1. The second-order valence-corrected chi connectivity index (χ2v) is 31.0. The molecule has 6 bridgehead atoms. The minimum atomic E-state index is -4.64. The average Bonchev–Trinajstić information content (AvgIpc) is 1.59. The quantitative estimate of drug-likeness (QED) is 0.0617. The molecule has 0 unspecified atom stereocenters. The highest BCUT2D eigenvalue weighted by atomic mass is 19.4. The molecule has 31 heteroatoms. The van der Waals surface area contributed by atoms with Crippen LogP contribution in [0, 0.1) is 51.1 Å². The normalized spacial score (nSPS) is 23.7. The minimum absolute atomic E-state index is 0. The monoisotopic (exact) mass is 1550 g/mol. The lowest BCUT2D eigenvalue weighted by Gasteiger charge is -2.45. The molecule has 6 aliphatic heterocycles. The summed E-state index contributed by atoms with van der Waals surface area (Å²) < 4.78 is 130. The number of carbonyl (C=O) groups is 7. The van der Waals surface area contributed by atoms with Gasteiger partial charge in [-0.1, -0.05) is 116 Å². The summed E-state index contributed by atoms with van der Waals surface area (Å²) in [5.41, 5.74) is -4.27. The van der Waals surface area contributed by atoms with E-state index in [1.807, 2.05) is 70.5 Å². The van der Waals surface area contributed by atoms with Crippen molar-refractivity contribution in [1.82, 2.24) is 39.0 Å². The van der Waals surface area contributed by atoms with Crippen LogP contribution >= 0.6 is 0 Å². The summed E-state index contributed by atoms with van der Waals surface area (Å²) in [6, 6.07) is 20.4. The van der Waals surface area contributed by atoms with Gasteiger partial charge in [0, 0.05) is 106 Å². The van der Waals surface area contributed by atoms with Gasteiger partial charge < -0.3 is 58.7 Å². The zero-order chi connectivity index (χ0) is 78.2. The van der Waals surface area contributed by atoms with E-state index in [-0.39, 0.29) is 101 Å². The van der Waals surface area contributed by atoms with E-state index >= 15 is 0 Å². The molecular formula is C80H83F9N8O14. The Morgan fingerprint density at radius 3 is 1.14 bits per heavy atom. The van der Waals surface area contributed by atoms with Gasteiger partial charge in [-0.05, 0) is 85.2 Å². The highest BCUT2D eigenvalue weighted by Crippen LogP contribution is 2.57. The van der Waals surface area contributed by atoms with E-state index in [1.54, 1.807) is 14.0 Å². The highest BCUT2D eigenvalue weighted by Gasteiger charge is 2.61. The number of aromatic nitrogens is 3. The SMILES string of the molecule is C.C.C[C@@]12CCC[C@]3(Cn4cc(C(=O)NCc5c(F)cc(F)cc5F)c(=O)c(O)c4C(=O)N3C1)C2.C[C@@]12CCC[C@]3(Cn4cc(C(=O)NCc5c(F)cc(F)cc5F)c(=O)c(OCc5ccccc5)c4C(=O)N3C1)C2.C[C@@]12CCC[C@]3(Cn4cc(C(=O)O)c(=O)c(OCc5ccccc5)c4C(=O)N3C1)C2.O=CC(F)(F)F. The second kappa shape index (κ2) is 30.3. The Morgan fingerprint density at radius 1 is 0.486 bits per heavy atom. The Labute approximate surface area is 630 Å². The lowest BCUT2D eigenvalue weighted by Crippen LogP contribution is -2.55. The summed E-state index contributed by atoms with van der Waals surface area (Å²) in [4.78, 5) is 132. The molecule has 9 heterocycles. The number of hydrogen-bond acceptors (Lipinski definition) is 13. The van der Waals surface area contributed by atoms with Crippen molar-refractivity contribution >= 4 is 41.8 Å². The smallest absolute Gasteiger partial charge is 0.446 e. The molecule has 16 rings (SSSR count). The maximum Gasteiger partial charge on any atom is 0.446 e. The van der Waals surface area contributed by atoms with Crippen LogP contribution in [-0.2, 0) is 50.7 Å². The number of nitrogens with zero attached hydrogens (tertiary/aromatic N) is 6. The fourth-order valence-electron chi connectivity index (χ4n) is 18.2. The fraction of sp³-hybridized carbons (Fsp3) is 0.425. The number of ether oxygens (including phenoxy) is 2. The number of aldehydes is 1. The van der Waals surface area contributed by atoms with E-state index in [0.717, 1.165) is 88.2 Å². The lowest BCUT2D eigenvalue weighted by atomic mass is 9.71. The van der Waals surface area contributed by atoms with Gasteiger partial charge in [-0.2, -0.15) is 13.2 Å². The summed E-state index contributed by atoms with van der Waals surface area (Å²) >= 11 is 0. The summed E-state index contributed by atoms with van der Waals surface area (Å²) in [7, 11) is 0. The number of aromatic carboxylic acids is 1. The van der Waals surface area contributed by atoms with Crippen LogP contribution in [0.25, 0.3) is 0 Å². The van der Waals surface area contributed by atoms with E-state index in [9.17, 15) is 92.9 Å². The van der Waals surface area contributed by atoms with Gasteiger partial charge in [-0.15, -0.1) is 0 Å². The highest BCUT2D eigenvalue weighted by molar-refractivity contribution is 6.01. The molecule has 4 N–H and O–H groups in total. The molecule has 3 aromatic heterocycles. The molecular weight excluding hydrogens is 1470 g/mol. The molecule has 7 aromatic rings. The number of rotatable bonds is 13. The van der Waals surface area contributed by atoms with E-state index in [2.05, 4.69) is 31.4 Å². The van der Waals surface area contributed by atoms with Crippen LogP contribution in [0.4, 0.5) is 39.5 Å². The molecule has 3 saturated heterocycles.